The Morgan fingerprint density at radius 2 is 2.38 bits per heavy atom. The van der Waals surface area contributed by atoms with Crippen molar-refractivity contribution in [2.75, 3.05) is 19.6 Å². The summed E-state index contributed by atoms with van der Waals surface area (Å²) >= 11 is 1.80. The first-order valence-corrected chi connectivity index (χ1v) is 9.03. The Kier molecular flexibility index (Phi) is 6.71. The van der Waals surface area contributed by atoms with Crippen molar-refractivity contribution in [3.05, 3.63) is 22.4 Å². The topological polar surface area (TPSA) is 41.1 Å². The van der Waals surface area contributed by atoms with E-state index in [-0.39, 0.29) is 5.91 Å². The van der Waals surface area contributed by atoms with Crippen molar-refractivity contribution in [2.45, 2.75) is 39.5 Å². The first-order valence-electron chi connectivity index (χ1n) is 8.15. The summed E-state index contributed by atoms with van der Waals surface area (Å²) in [6, 6.07) is 4.26. The van der Waals surface area contributed by atoms with E-state index < -0.39 is 0 Å². The minimum Gasteiger partial charge on any atom is -0.356 e. The van der Waals surface area contributed by atoms with Gasteiger partial charge in [0.1, 0.15) is 0 Å². The number of rotatable bonds is 7. The van der Waals surface area contributed by atoms with Crippen LogP contribution in [0.4, 0.5) is 0 Å². The zero-order valence-corrected chi connectivity index (χ0v) is 14.0. The number of nitrogens with one attached hydrogen (secondary N) is 2. The smallest absolute Gasteiger partial charge is 0.220 e. The van der Waals surface area contributed by atoms with E-state index in [1.165, 1.54) is 17.7 Å². The molecular weight excluding hydrogens is 280 g/mol. The number of carbonyl (C=O) groups excluding carboxylic acids is 1. The van der Waals surface area contributed by atoms with Crippen molar-refractivity contribution in [3.8, 4) is 0 Å². The van der Waals surface area contributed by atoms with Crippen LogP contribution in [-0.2, 0) is 11.2 Å². The lowest BCUT2D eigenvalue weighted by molar-refractivity contribution is -0.122. The lowest BCUT2D eigenvalue weighted by atomic mass is 9.85. The fourth-order valence-electron chi connectivity index (χ4n) is 3.03. The van der Waals surface area contributed by atoms with E-state index in [0.29, 0.717) is 24.2 Å². The standard InChI is InChI=1S/C17H28N2OS/c1-13(9-16-6-4-8-21-16)11-19-17(20)10-14(2)15-5-3-7-18-12-15/h4,6,8,13-15,18H,3,5,7,9-12H2,1-2H3,(H,19,20). The Bertz CT molecular complexity index is 412. The monoisotopic (exact) mass is 308 g/mol. The molecule has 3 nitrogen and oxygen atoms in total. The molecule has 4 heteroatoms. The van der Waals surface area contributed by atoms with Gasteiger partial charge in [-0.1, -0.05) is 19.9 Å². The maximum absolute atomic E-state index is 12.1. The van der Waals surface area contributed by atoms with Crippen LogP contribution in [0.25, 0.3) is 0 Å². The number of amides is 1. The SMILES string of the molecule is CC(CNC(=O)CC(C)C1CCCNC1)Cc1cccs1. The molecule has 0 saturated carbocycles. The van der Waals surface area contributed by atoms with Crippen LogP contribution in [0, 0.1) is 17.8 Å². The van der Waals surface area contributed by atoms with Crippen molar-refractivity contribution in [2.24, 2.45) is 17.8 Å². The summed E-state index contributed by atoms with van der Waals surface area (Å²) in [5.74, 6) is 1.85. The van der Waals surface area contributed by atoms with Crippen molar-refractivity contribution in [1.29, 1.82) is 0 Å². The largest absolute Gasteiger partial charge is 0.356 e. The van der Waals surface area contributed by atoms with Gasteiger partial charge in [-0.2, -0.15) is 0 Å². The predicted molar refractivity (Wildman–Crippen MR) is 89.6 cm³/mol. The first-order chi connectivity index (χ1) is 10.1. The van der Waals surface area contributed by atoms with Gasteiger partial charge in [-0.15, -0.1) is 11.3 Å². The van der Waals surface area contributed by atoms with E-state index in [2.05, 4.69) is 42.0 Å². The summed E-state index contributed by atoms with van der Waals surface area (Å²) in [5.41, 5.74) is 0. The van der Waals surface area contributed by atoms with Gasteiger partial charge >= 0.3 is 0 Å². The molecular formula is C17H28N2OS. The molecule has 0 aromatic carbocycles. The number of hydrogen-bond donors (Lipinski definition) is 2. The van der Waals surface area contributed by atoms with Gasteiger partial charge in [0, 0.05) is 17.8 Å². The van der Waals surface area contributed by atoms with Gasteiger partial charge in [-0.3, -0.25) is 4.79 Å². The summed E-state index contributed by atoms with van der Waals surface area (Å²) in [5, 5.41) is 8.66. The van der Waals surface area contributed by atoms with Gasteiger partial charge < -0.3 is 10.6 Å². The normalized spacial score (nSPS) is 21.7. The fourth-order valence-corrected chi connectivity index (χ4v) is 3.90. The lowest BCUT2D eigenvalue weighted by Gasteiger charge is -2.28. The van der Waals surface area contributed by atoms with E-state index in [0.717, 1.165) is 26.1 Å². The highest BCUT2D eigenvalue weighted by atomic mass is 32.1. The molecule has 1 aromatic rings. The highest BCUT2D eigenvalue weighted by Crippen LogP contribution is 2.22. The minimum atomic E-state index is 0.214. The quantitative estimate of drug-likeness (QED) is 0.813. The van der Waals surface area contributed by atoms with Crippen LogP contribution in [-0.4, -0.2) is 25.5 Å². The van der Waals surface area contributed by atoms with E-state index in [1.54, 1.807) is 11.3 Å². The summed E-state index contributed by atoms with van der Waals surface area (Å²) in [6.45, 7) is 7.41. The summed E-state index contributed by atoms with van der Waals surface area (Å²) in [7, 11) is 0. The summed E-state index contributed by atoms with van der Waals surface area (Å²) in [4.78, 5) is 13.5. The lowest BCUT2D eigenvalue weighted by Crippen LogP contribution is -2.36. The molecule has 0 aliphatic carbocycles. The van der Waals surface area contributed by atoms with E-state index in [9.17, 15) is 4.79 Å². The second kappa shape index (κ2) is 8.54. The molecule has 1 aliphatic rings. The van der Waals surface area contributed by atoms with Crippen LogP contribution >= 0.6 is 11.3 Å². The molecule has 3 atom stereocenters. The molecule has 3 unspecified atom stereocenters. The molecule has 0 bridgehead atoms. The molecule has 0 spiro atoms. The summed E-state index contributed by atoms with van der Waals surface area (Å²) in [6.07, 6.45) is 4.23. The van der Waals surface area contributed by atoms with Crippen molar-refractivity contribution < 1.29 is 4.79 Å². The van der Waals surface area contributed by atoms with Crippen LogP contribution in [0.3, 0.4) is 0 Å². The van der Waals surface area contributed by atoms with Crippen molar-refractivity contribution >= 4 is 17.2 Å². The molecule has 1 fully saturated rings. The third kappa shape index (κ3) is 5.79. The molecule has 2 N–H and O–H groups in total. The number of piperidine rings is 1. The zero-order chi connectivity index (χ0) is 15.1. The zero-order valence-electron chi connectivity index (χ0n) is 13.2. The van der Waals surface area contributed by atoms with Crippen LogP contribution < -0.4 is 10.6 Å². The van der Waals surface area contributed by atoms with Gasteiger partial charge in [-0.05, 0) is 61.6 Å². The Balaban J connectivity index is 1.64. The third-order valence-electron chi connectivity index (χ3n) is 4.42. The number of carbonyl (C=O) groups is 1. The Hall–Kier alpha value is -0.870. The Morgan fingerprint density at radius 1 is 1.52 bits per heavy atom. The van der Waals surface area contributed by atoms with E-state index in [4.69, 9.17) is 0 Å². The average molecular weight is 308 g/mol. The van der Waals surface area contributed by atoms with Crippen LogP contribution in [0.2, 0.25) is 0 Å². The summed E-state index contributed by atoms with van der Waals surface area (Å²) < 4.78 is 0. The van der Waals surface area contributed by atoms with Crippen LogP contribution in [0.5, 0.6) is 0 Å². The molecule has 21 heavy (non-hydrogen) atoms. The maximum Gasteiger partial charge on any atom is 0.220 e. The van der Waals surface area contributed by atoms with Crippen LogP contribution in [0.15, 0.2) is 17.5 Å². The second-order valence-corrected chi connectivity index (χ2v) is 7.51. The molecule has 118 valence electrons. The molecule has 0 radical (unpaired) electrons. The fraction of sp³-hybridized carbons (Fsp3) is 0.706. The molecule has 2 heterocycles. The highest BCUT2D eigenvalue weighted by molar-refractivity contribution is 7.09. The second-order valence-electron chi connectivity index (χ2n) is 6.48. The maximum atomic E-state index is 12.1. The highest BCUT2D eigenvalue weighted by Gasteiger charge is 2.22. The molecule has 1 amide bonds. The van der Waals surface area contributed by atoms with E-state index >= 15 is 0 Å². The van der Waals surface area contributed by atoms with E-state index in [1.807, 2.05) is 0 Å². The van der Waals surface area contributed by atoms with Gasteiger partial charge in [0.15, 0.2) is 0 Å². The van der Waals surface area contributed by atoms with Crippen molar-refractivity contribution in [3.63, 3.8) is 0 Å². The molecule has 1 saturated heterocycles. The molecule has 1 aromatic heterocycles. The van der Waals surface area contributed by atoms with Crippen LogP contribution in [0.1, 0.15) is 38.0 Å². The van der Waals surface area contributed by atoms with Gasteiger partial charge in [0.05, 0.1) is 0 Å². The molecule has 1 aliphatic heterocycles. The number of hydrogen-bond acceptors (Lipinski definition) is 3. The average Bonchev–Trinajstić information content (AvgIpc) is 2.99. The van der Waals surface area contributed by atoms with Crippen molar-refractivity contribution in [1.82, 2.24) is 10.6 Å². The number of thiophene rings is 1. The Labute approximate surface area is 132 Å². The Morgan fingerprint density at radius 3 is 3.05 bits per heavy atom. The molecule has 2 rings (SSSR count). The first kappa shape index (κ1) is 16.5. The van der Waals surface area contributed by atoms with Gasteiger partial charge in [0.2, 0.25) is 5.91 Å². The minimum absolute atomic E-state index is 0.214. The van der Waals surface area contributed by atoms with Gasteiger partial charge in [0.25, 0.3) is 0 Å². The third-order valence-corrected chi connectivity index (χ3v) is 5.32. The predicted octanol–water partition coefficient (Wildman–Crippen LogP) is 3.07. The van der Waals surface area contributed by atoms with Gasteiger partial charge in [-0.25, -0.2) is 0 Å².